The molecule has 0 saturated heterocycles. The van der Waals surface area contributed by atoms with Crippen LogP contribution in [0, 0.1) is 34.3 Å². The first-order valence-corrected chi connectivity index (χ1v) is 19.6. The van der Waals surface area contributed by atoms with Gasteiger partial charge in [-0.3, -0.25) is 9.59 Å². The van der Waals surface area contributed by atoms with Gasteiger partial charge in [-0.25, -0.2) is 8.78 Å². The van der Waals surface area contributed by atoms with Gasteiger partial charge in [-0.05, 0) is 125 Å². The molecule has 6 nitrogen and oxygen atoms in total. The van der Waals surface area contributed by atoms with Crippen LogP contribution in [0.1, 0.15) is 147 Å². The van der Waals surface area contributed by atoms with E-state index >= 15 is 8.78 Å². The zero-order chi connectivity index (χ0) is 36.9. The first-order chi connectivity index (χ1) is 24.0. The number of carbonyl (C=O) groups excluding carboxylic acids is 2. The maximum Gasteiger partial charge on any atom is 0.316 e. The average Bonchev–Trinajstić information content (AvgIpc) is 3.05. The van der Waals surface area contributed by atoms with Gasteiger partial charge in [-0.1, -0.05) is 58.8 Å². The highest BCUT2D eigenvalue weighted by Gasteiger charge is 2.47. The van der Waals surface area contributed by atoms with Crippen molar-refractivity contribution in [2.24, 2.45) is 34.1 Å². The molecule has 2 saturated carbocycles. The Hall–Kier alpha value is -2.84. The monoisotopic (exact) mass is 706 g/mol. The van der Waals surface area contributed by atoms with Gasteiger partial charge < -0.3 is 20.9 Å². The fourth-order valence-corrected chi connectivity index (χ4v) is 9.94. The van der Waals surface area contributed by atoms with Gasteiger partial charge in [0, 0.05) is 35.0 Å². The molecule has 0 radical (unpaired) electrons. The second kappa shape index (κ2) is 14.2. The molecule has 6 rings (SSSR count). The molecule has 51 heavy (non-hydrogen) atoms. The number of carbonyl (C=O) groups is 2. The minimum atomic E-state index is -0.886. The van der Waals surface area contributed by atoms with Crippen LogP contribution in [0.25, 0.3) is 0 Å². The second-order valence-corrected chi connectivity index (χ2v) is 18.3. The van der Waals surface area contributed by atoms with Crippen molar-refractivity contribution in [2.45, 2.75) is 161 Å². The van der Waals surface area contributed by atoms with Crippen molar-refractivity contribution in [3.05, 3.63) is 58.2 Å². The first-order valence-electron chi connectivity index (χ1n) is 19.6. The topological polar surface area (TPSA) is 105 Å². The van der Waals surface area contributed by atoms with Crippen molar-refractivity contribution in [1.82, 2.24) is 0 Å². The summed E-state index contributed by atoms with van der Waals surface area (Å²) in [5.41, 5.74) is 14.3. The van der Waals surface area contributed by atoms with Crippen LogP contribution in [0.5, 0.6) is 11.5 Å². The molecule has 1 unspecified atom stereocenters. The third kappa shape index (κ3) is 7.25. The van der Waals surface area contributed by atoms with Gasteiger partial charge in [0.15, 0.2) is 0 Å². The maximum atomic E-state index is 15.6. The molecule has 0 amide bonds. The summed E-state index contributed by atoms with van der Waals surface area (Å²) >= 11 is 0. The molecule has 280 valence electrons. The van der Waals surface area contributed by atoms with Crippen molar-refractivity contribution in [1.29, 1.82) is 0 Å². The molecule has 2 fully saturated rings. The summed E-state index contributed by atoms with van der Waals surface area (Å²) in [4.78, 5) is 27.0. The third-order valence-electron chi connectivity index (χ3n) is 13.7. The Morgan fingerprint density at radius 1 is 0.686 bits per heavy atom. The summed E-state index contributed by atoms with van der Waals surface area (Å²) in [5, 5.41) is 0. The average molecular weight is 707 g/mol. The van der Waals surface area contributed by atoms with Crippen LogP contribution in [0.2, 0.25) is 0 Å². The third-order valence-corrected chi connectivity index (χ3v) is 13.7. The van der Waals surface area contributed by atoms with Crippen LogP contribution in [0.3, 0.4) is 0 Å². The van der Waals surface area contributed by atoms with E-state index in [4.69, 9.17) is 20.9 Å². The summed E-state index contributed by atoms with van der Waals surface area (Å²) < 4.78 is 43.0. The van der Waals surface area contributed by atoms with E-state index < -0.39 is 22.8 Å². The predicted octanol–water partition coefficient (Wildman–Crippen LogP) is 9.14. The zero-order valence-electron chi connectivity index (χ0n) is 31.8. The van der Waals surface area contributed by atoms with Crippen LogP contribution in [-0.2, 0) is 33.3 Å². The number of nitrogens with two attached hydrogens (primary N) is 2. The van der Waals surface area contributed by atoms with Crippen molar-refractivity contribution < 1.29 is 27.8 Å². The van der Waals surface area contributed by atoms with Gasteiger partial charge in [0.2, 0.25) is 0 Å². The fraction of sp³-hybridized carbons (Fsp3) is 0.674. The number of benzene rings is 2. The number of halogens is 2. The van der Waals surface area contributed by atoms with Crippen LogP contribution in [0.4, 0.5) is 8.78 Å². The van der Waals surface area contributed by atoms with Crippen LogP contribution >= 0.6 is 0 Å². The fourth-order valence-electron chi connectivity index (χ4n) is 9.94. The molecule has 4 aliphatic carbocycles. The smallest absolute Gasteiger partial charge is 0.316 e. The van der Waals surface area contributed by atoms with Crippen molar-refractivity contribution >= 4 is 11.9 Å². The van der Waals surface area contributed by atoms with E-state index in [1.54, 1.807) is 0 Å². The Kier molecular flexibility index (Phi) is 10.5. The Bertz CT molecular complexity index is 1540. The van der Waals surface area contributed by atoms with E-state index in [-0.39, 0.29) is 57.9 Å². The van der Waals surface area contributed by atoms with Gasteiger partial charge in [0.1, 0.15) is 23.1 Å². The van der Waals surface area contributed by atoms with Crippen LogP contribution in [0.15, 0.2) is 24.3 Å². The minimum Gasteiger partial charge on any atom is -0.426 e. The molecule has 0 heterocycles. The number of fused-ring (bicyclic) bond motifs is 8. The molecule has 6 atom stereocenters. The van der Waals surface area contributed by atoms with E-state index in [1.807, 2.05) is 39.8 Å². The summed E-state index contributed by atoms with van der Waals surface area (Å²) in [6.07, 6.45) is 13.1. The summed E-state index contributed by atoms with van der Waals surface area (Å²) in [7, 11) is 0. The molecule has 2 aromatic carbocycles. The van der Waals surface area contributed by atoms with E-state index in [2.05, 4.69) is 13.8 Å². The Balaban J connectivity index is 1.09. The number of rotatable bonds is 8. The van der Waals surface area contributed by atoms with Crippen molar-refractivity contribution in [2.75, 3.05) is 0 Å². The van der Waals surface area contributed by atoms with E-state index in [1.165, 1.54) is 12.1 Å². The molecule has 4 N–H and O–H groups in total. The summed E-state index contributed by atoms with van der Waals surface area (Å²) in [6, 6.07) is 6.25. The number of esters is 2. The molecule has 8 heteroatoms. The van der Waals surface area contributed by atoms with Crippen LogP contribution in [-0.4, -0.2) is 24.0 Å². The minimum absolute atomic E-state index is 0.0659. The molecule has 0 aromatic heterocycles. The number of hydrogen-bond donors (Lipinski definition) is 2. The van der Waals surface area contributed by atoms with Crippen molar-refractivity contribution in [3.8, 4) is 11.5 Å². The van der Waals surface area contributed by atoms with Gasteiger partial charge in [-0.2, -0.15) is 0 Å². The second-order valence-electron chi connectivity index (χ2n) is 18.3. The highest BCUT2D eigenvalue weighted by molar-refractivity contribution is 5.79. The standard InChI is InChI=1S/C43H60F2N2O4/c1-40(2,38(48)50-28-22-32-30(34(44)24-28)20-26-14-9-7-11-18-42(32,5)36(26)46)16-13-17-41(3,4)39(49)51-29-23-33-31(35(45)25-29)21-27-15-10-8-12-19-43(33,6)37(27)47/h22-27,36-37H,7-21,46-47H2,1-6H3/t26-,27?,36-,37-,42+,43+/m0/s1. The van der Waals surface area contributed by atoms with Gasteiger partial charge in [0.25, 0.3) is 0 Å². The molecule has 4 aliphatic rings. The Morgan fingerprint density at radius 3 is 1.47 bits per heavy atom. The molecule has 4 bridgehead atoms. The lowest BCUT2D eigenvalue weighted by atomic mass is 9.60. The molecule has 0 aliphatic heterocycles. The quantitative estimate of drug-likeness (QED) is 0.210. The van der Waals surface area contributed by atoms with Crippen LogP contribution < -0.4 is 20.9 Å². The lowest BCUT2D eigenvalue weighted by Gasteiger charge is -2.47. The van der Waals surface area contributed by atoms with E-state index in [9.17, 15) is 9.59 Å². The highest BCUT2D eigenvalue weighted by Crippen LogP contribution is 2.49. The maximum absolute atomic E-state index is 15.6. The number of hydrogen-bond acceptors (Lipinski definition) is 6. The lowest BCUT2D eigenvalue weighted by Crippen LogP contribution is -2.53. The Morgan fingerprint density at radius 2 is 1.08 bits per heavy atom. The zero-order valence-corrected chi connectivity index (χ0v) is 31.8. The first kappa shape index (κ1) is 37.9. The summed E-state index contributed by atoms with van der Waals surface area (Å²) in [5.74, 6) is -0.633. The highest BCUT2D eigenvalue weighted by atomic mass is 19.1. The summed E-state index contributed by atoms with van der Waals surface area (Å²) in [6.45, 7) is 11.5. The van der Waals surface area contributed by atoms with Gasteiger partial charge in [-0.15, -0.1) is 0 Å². The SMILES string of the molecule is CC(C)(CCCC(C)(C)C(=O)Oc1cc(F)c2c(c1)[C@@]1(C)CCCCC[C@@H](C2)[C@@H]1N)C(=O)Oc1cc(F)c2c(c1)[C@@]1(C)CCCCCC(C2)[C@@H]1N. The molecule has 0 spiro atoms. The lowest BCUT2D eigenvalue weighted by molar-refractivity contribution is -0.145. The normalized spacial score (nSPS) is 29.4. The molecular weight excluding hydrogens is 646 g/mol. The van der Waals surface area contributed by atoms with Gasteiger partial charge in [0.05, 0.1) is 10.8 Å². The number of ether oxygens (including phenoxy) is 2. The van der Waals surface area contributed by atoms with Gasteiger partial charge >= 0.3 is 11.9 Å². The van der Waals surface area contributed by atoms with E-state index in [0.717, 1.165) is 75.3 Å². The Labute approximate surface area is 303 Å². The largest absolute Gasteiger partial charge is 0.426 e. The van der Waals surface area contributed by atoms with E-state index in [0.29, 0.717) is 43.2 Å². The molecular formula is C43H60F2N2O4. The predicted molar refractivity (Wildman–Crippen MR) is 197 cm³/mol. The van der Waals surface area contributed by atoms with Crippen molar-refractivity contribution in [3.63, 3.8) is 0 Å². The molecule has 2 aromatic rings.